The fourth-order valence-corrected chi connectivity index (χ4v) is 4.92. The van der Waals surface area contributed by atoms with Gasteiger partial charge in [-0.2, -0.15) is 0 Å². The lowest BCUT2D eigenvalue weighted by Gasteiger charge is -2.14. The van der Waals surface area contributed by atoms with E-state index in [9.17, 15) is 13.2 Å². The molecule has 2 atom stereocenters. The highest BCUT2D eigenvalue weighted by atomic mass is 32.2. The molecule has 0 saturated carbocycles. The normalized spacial score (nSPS) is 23.0. The highest BCUT2D eigenvalue weighted by Gasteiger charge is 2.38. The second kappa shape index (κ2) is 6.19. The van der Waals surface area contributed by atoms with Crippen molar-refractivity contribution in [2.45, 2.75) is 17.4 Å². The zero-order chi connectivity index (χ0) is 17.6. The van der Waals surface area contributed by atoms with Crippen LogP contribution in [0.25, 0.3) is 0 Å². The van der Waals surface area contributed by atoms with Crippen molar-refractivity contribution >= 4 is 32.1 Å². The van der Waals surface area contributed by atoms with Crippen LogP contribution in [0.5, 0.6) is 0 Å². The first kappa shape index (κ1) is 16.7. The topological polar surface area (TPSA) is 76.6 Å². The predicted octanol–water partition coefficient (Wildman–Crippen LogP) is 2.00. The molecule has 2 aliphatic rings. The highest BCUT2D eigenvalue weighted by molar-refractivity contribution is 7.90. The van der Waals surface area contributed by atoms with Gasteiger partial charge in [-0.3, -0.25) is 4.79 Å². The van der Waals surface area contributed by atoms with Gasteiger partial charge in [0, 0.05) is 37.4 Å². The molecule has 2 aliphatic heterocycles. The van der Waals surface area contributed by atoms with Crippen molar-refractivity contribution in [1.29, 1.82) is 0 Å². The molecule has 132 valence electrons. The summed E-state index contributed by atoms with van der Waals surface area (Å²) in [6, 6.07) is 6.13. The Morgan fingerprint density at radius 3 is 2.96 bits per heavy atom. The number of carbonyl (C=O) groups is 1. The van der Waals surface area contributed by atoms with Crippen LogP contribution in [-0.2, 0) is 14.6 Å². The molecule has 6 nitrogen and oxygen atoms in total. The van der Waals surface area contributed by atoms with E-state index >= 15 is 0 Å². The van der Waals surface area contributed by atoms with Crippen LogP contribution in [0.15, 0.2) is 35.4 Å². The van der Waals surface area contributed by atoms with Gasteiger partial charge >= 0.3 is 0 Å². The number of ether oxygens (including phenoxy) is 1. The number of benzene rings is 1. The van der Waals surface area contributed by atoms with E-state index in [2.05, 4.69) is 9.88 Å². The first-order valence-electron chi connectivity index (χ1n) is 8.09. The van der Waals surface area contributed by atoms with E-state index < -0.39 is 9.84 Å². The zero-order valence-corrected chi connectivity index (χ0v) is 15.3. The number of anilines is 1. The van der Waals surface area contributed by atoms with E-state index in [4.69, 9.17) is 4.74 Å². The Morgan fingerprint density at radius 2 is 2.20 bits per heavy atom. The quantitative estimate of drug-likeness (QED) is 0.758. The lowest BCUT2D eigenvalue weighted by atomic mass is 10.1. The summed E-state index contributed by atoms with van der Waals surface area (Å²) < 4.78 is 29.1. The summed E-state index contributed by atoms with van der Waals surface area (Å²) in [6.45, 7) is 2.56. The van der Waals surface area contributed by atoms with Crippen molar-refractivity contribution in [1.82, 2.24) is 4.98 Å². The van der Waals surface area contributed by atoms with Gasteiger partial charge in [-0.05, 0) is 18.6 Å². The van der Waals surface area contributed by atoms with Gasteiger partial charge in [-0.1, -0.05) is 23.5 Å². The minimum Gasteiger partial charge on any atom is -0.376 e. The summed E-state index contributed by atoms with van der Waals surface area (Å²) in [5.74, 6) is 0.347. The maximum absolute atomic E-state index is 12.7. The lowest BCUT2D eigenvalue weighted by molar-refractivity contribution is 0.104. The molecule has 0 aliphatic carbocycles. The van der Waals surface area contributed by atoms with Gasteiger partial charge in [0.2, 0.25) is 5.78 Å². The Bertz CT molecular complexity index is 910. The molecule has 2 aromatic rings. The second-order valence-electron chi connectivity index (χ2n) is 6.50. The fraction of sp³-hybridized carbons (Fsp3) is 0.412. The number of nitrogens with zero attached hydrogens (tertiary/aromatic N) is 2. The molecule has 0 bridgehead atoms. The summed E-state index contributed by atoms with van der Waals surface area (Å²) in [7, 11) is -3.34. The van der Waals surface area contributed by atoms with Crippen LogP contribution in [0, 0.1) is 5.92 Å². The molecule has 0 amide bonds. The van der Waals surface area contributed by atoms with Crippen LogP contribution < -0.4 is 4.90 Å². The minimum absolute atomic E-state index is 0.146. The van der Waals surface area contributed by atoms with Gasteiger partial charge in [0.15, 0.2) is 15.0 Å². The Morgan fingerprint density at radius 1 is 1.36 bits per heavy atom. The summed E-state index contributed by atoms with van der Waals surface area (Å²) in [5, 5.41) is 0.820. The van der Waals surface area contributed by atoms with E-state index in [1.165, 1.54) is 23.5 Å². The number of thiazole rings is 1. The van der Waals surface area contributed by atoms with Crippen molar-refractivity contribution in [3.05, 3.63) is 40.9 Å². The maximum Gasteiger partial charge on any atom is 0.204 e. The molecule has 3 heterocycles. The molecule has 2 saturated heterocycles. The van der Waals surface area contributed by atoms with Crippen molar-refractivity contribution in [2.75, 3.05) is 30.9 Å². The highest BCUT2D eigenvalue weighted by Crippen LogP contribution is 2.34. The molecule has 0 radical (unpaired) electrons. The third-order valence-electron chi connectivity index (χ3n) is 4.71. The van der Waals surface area contributed by atoms with Crippen LogP contribution in [-0.4, -0.2) is 51.2 Å². The van der Waals surface area contributed by atoms with Gasteiger partial charge in [-0.15, -0.1) is 0 Å². The molecule has 1 aromatic carbocycles. The molecule has 0 unspecified atom stereocenters. The van der Waals surface area contributed by atoms with Crippen molar-refractivity contribution in [2.24, 2.45) is 5.92 Å². The van der Waals surface area contributed by atoms with Gasteiger partial charge in [0.05, 0.1) is 22.1 Å². The van der Waals surface area contributed by atoms with E-state index in [1.54, 1.807) is 18.3 Å². The van der Waals surface area contributed by atoms with Crippen LogP contribution in [0.3, 0.4) is 0 Å². The van der Waals surface area contributed by atoms with Gasteiger partial charge < -0.3 is 9.64 Å². The molecular formula is C17H18N2O4S2. The van der Waals surface area contributed by atoms with E-state index in [1.807, 2.05) is 0 Å². The molecule has 4 rings (SSSR count). The van der Waals surface area contributed by atoms with Crippen LogP contribution in [0.2, 0.25) is 0 Å². The molecule has 0 spiro atoms. The maximum atomic E-state index is 12.7. The number of ketones is 1. The number of hydrogen-bond donors (Lipinski definition) is 0. The number of aromatic nitrogens is 1. The van der Waals surface area contributed by atoms with Crippen LogP contribution in [0.4, 0.5) is 5.13 Å². The largest absolute Gasteiger partial charge is 0.376 e. The Labute approximate surface area is 150 Å². The lowest BCUT2D eigenvalue weighted by Crippen LogP contribution is -2.22. The van der Waals surface area contributed by atoms with Crippen molar-refractivity contribution in [3.8, 4) is 0 Å². The van der Waals surface area contributed by atoms with Gasteiger partial charge in [0.1, 0.15) is 0 Å². The monoisotopic (exact) mass is 378 g/mol. The number of carbonyl (C=O) groups excluding carboxylic acids is 1. The fourth-order valence-electron chi connectivity index (χ4n) is 3.36. The van der Waals surface area contributed by atoms with Crippen molar-refractivity contribution < 1.29 is 17.9 Å². The SMILES string of the molecule is CS(=O)(=O)c1cccc(C(=O)c2cnc(N3C[C@@H]4CCO[C@@H]4C3)s2)c1. The number of sulfone groups is 1. The van der Waals surface area contributed by atoms with E-state index in [-0.39, 0.29) is 16.8 Å². The van der Waals surface area contributed by atoms with Crippen LogP contribution in [0.1, 0.15) is 21.7 Å². The summed E-state index contributed by atoms with van der Waals surface area (Å²) in [4.78, 5) is 19.9. The average molecular weight is 378 g/mol. The van der Waals surface area contributed by atoms with Crippen molar-refractivity contribution in [3.63, 3.8) is 0 Å². The second-order valence-corrected chi connectivity index (χ2v) is 9.52. The molecular weight excluding hydrogens is 360 g/mol. The minimum atomic E-state index is -3.34. The number of fused-ring (bicyclic) bond motifs is 1. The van der Waals surface area contributed by atoms with E-state index in [0.29, 0.717) is 16.4 Å². The third-order valence-corrected chi connectivity index (χ3v) is 6.88. The smallest absolute Gasteiger partial charge is 0.204 e. The Kier molecular flexibility index (Phi) is 4.13. The summed E-state index contributed by atoms with van der Waals surface area (Å²) in [6.07, 6.45) is 4.06. The molecule has 1 aromatic heterocycles. The number of hydrogen-bond acceptors (Lipinski definition) is 7. The third kappa shape index (κ3) is 3.21. The Balaban J connectivity index is 1.55. The summed E-state index contributed by atoms with van der Waals surface area (Å²) >= 11 is 1.35. The first-order chi connectivity index (χ1) is 11.9. The standard InChI is InChI=1S/C17H18N2O4S2/c1-25(21,22)13-4-2-3-11(7-13)16(20)15-8-18-17(24-15)19-9-12-5-6-23-14(12)10-19/h2-4,7-8,12,14H,5-6,9-10H2,1H3/t12-,14+/m0/s1. The zero-order valence-electron chi connectivity index (χ0n) is 13.7. The molecule has 25 heavy (non-hydrogen) atoms. The molecule has 2 fully saturated rings. The number of rotatable bonds is 4. The summed E-state index contributed by atoms with van der Waals surface area (Å²) in [5.41, 5.74) is 0.361. The van der Waals surface area contributed by atoms with Gasteiger partial charge in [-0.25, -0.2) is 13.4 Å². The predicted molar refractivity (Wildman–Crippen MR) is 95.2 cm³/mol. The first-order valence-corrected chi connectivity index (χ1v) is 10.8. The Hall–Kier alpha value is -1.77. The molecule has 0 N–H and O–H groups in total. The molecule has 8 heteroatoms. The average Bonchev–Trinajstić information content (AvgIpc) is 3.28. The van der Waals surface area contributed by atoms with Gasteiger partial charge in [0.25, 0.3) is 0 Å². The van der Waals surface area contributed by atoms with Crippen LogP contribution >= 0.6 is 11.3 Å². The van der Waals surface area contributed by atoms with E-state index in [0.717, 1.165) is 37.5 Å².